The first-order valence-corrected chi connectivity index (χ1v) is 6.04. The number of carbonyl (C=O) groups excluding carboxylic acids is 2. The molecule has 1 aliphatic heterocycles. The van der Waals surface area contributed by atoms with Crippen molar-refractivity contribution < 1.29 is 14.3 Å². The van der Waals surface area contributed by atoms with E-state index in [1.807, 2.05) is 32.0 Å². The van der Waals surface area contributed by atoms with Crippen molar-refractivity contribution in [2.24, 2.45) is 0 Å². The number of hydrogen-bond acceptors (Lipinski definition) is 3. The molecule has 96 valence electrons. The number of hydrogen-bond donors (Lipinski definition) is 0. The minimum atomic E-state index is -0.111. The molecule has 1 aromatic rings. The summed E-state index contributed by atoms with van der Waals surface area (Å²) >= 11 is 0. The van der Waals surface area contributed by atoms with Crippen molar-refractivity contribution in [3.8, 4) is 0 Å². The Morgan fingerprint density at radius 2 is 2.17 bits per heavy atom. The van der Waals surface area contributed by atoms with E-state index in [9.17, 15) is 9.59 Å². The molecule has 1 fully saturated rings. The van der Waals surface area contributed by atoms with Gasteiger partial charge in [0.25, 0.3) is 0 Å². The normalized spacial score (nSPS) is 15.9. The van der Waals surface area contributed by atoms with E-state index in [2.05, 4.69) is 0 Å². The monoisotopic (exact) mass is 247 g/mol. The van der Waals surface area contributed by atoms with Crippen molar-refractivity contribution in [3.63, 3.8) is 0 Å². The second-order valence-electron chi connectivity index (χ2n) is 4.61. The lowest BCUT2D eigenvalue weighted by atomic mass is 10.0. The van der Waals surface area contributed by atoms with Gasteiger partial charge in [-0.15, -0.1) is 0 Å². The molecular weight excluding hydrogens is 230 g/mol. The standard InChI is InChI=1S/C14H17NO3/c1-10-3-4-11(2)12(7-10)13(16)8-15-5-6-18-9-14(15)17/h3-4,7H,5-6,8-9H2,1-2H3. The van der Waals surface area contributed by atoms with Crippen molar-refractivity contribution in [2.45, 2.75) is 13.8 Å². The number of ketones is 1. The van der Waals surface area contributed by atoms with Crippen LogP contribution in [0.3, 0.4) is 0 Å². The van der Waals surface area contributed by atoms with Crippen LogP contribution >= 0.6 is 0 Å². The molecule has 0 spiro atoms. The van der Waals surface area contributed by atoms with Crippen LogP contribution in [0.2, 0.25) is 0 Å². The first kappa shape index (κ1) is 12.8. The number of benzene rings is 1. The Hall–Kier alpha value is -1.68. The average Bonchev–Trinajstić information content (AvgIpc) is 2.35. The van der Waals surface area contributed by atoms with E-state index in [0.717, 1.165) is 11.1 Å². The van der Waals surface area contributed by atoms with Crippen LogP contribution < -0.4 is 0 Å². The van der Waals surface area contributed by atoms with E-state index in [1.54, 1.807) is 4.90 Å². The molecule has 4 nitrogen and oxygen atoms in total. The second-order valence-corrected chi connectivity index (χ2v) is 4.61. The number of Topliss-reactive ketones (excluding diaryl/α,β-unsaturated/α-hetero) is 1. The van der Waals surface area contributed by atoms with Gasteiger partial charge in [0.1, 0.15) is 6.61 Å². The van der Waals surface area contributed by atoms with E-state index < -0.39 is 0 Å². The molecular formula is C14H17NO3. The van der Waals surface area contributed by atoms with Crippen LogP contribution in [-0.4, -0.2) is 42.9 Å². The fourth-order valence-corrected chi connectivity index (χ4v) is 2.01. The number of rotatable bonds is 3. The predicted octanol–water partition coefficient (Wildman–Crippen LogP) is 1.34. The van der Waals surface area contributed by atoms with Gasteiger partial charge in [0, 0.05) is 12.1 Å². The van der Waals surface area contributed by atoms with E-state index in [4.69, 9.17) is 4.74 Å². The molecule has 0 aromatic heterocycles. The smallest absolute Gasteiger partial charge is 0.249 e. The van der Waals surface area contributed by atoms with Crippen LogP contribution in [0.4, 0.5) is 0 Å². The lowest BCUT2D eigenvalue weighted by Crippen LogP contribution is -2.44. The van der Waals surface area contributed by atoms with Crippen molar-refractivity contribution in [2.75, 3.05) is 26.3 Å². The number of nitrogens with zero attached hydrogens (tertiary/aromatic N) is 1. The van der Waals surface area contributed by atoms with Crippen molar-refractivity contribution in [1.29, 1.82) is 0 Å². The fourth-order valence-electron chi connectivity index (χ4n) is 2.01. The molecule has 1 saturated heterocycles. The van der Waals surface area contributed by atoms with Gasteiger partial charge in [-0.3, -0.25) is 9.59 Å². The van der Waals surface area contributed by atoms with Gasteiger partial charge >= 0.3 is 0 Å². The molecule has 0 aliphatic carbocycles. The molecule has 0 N–H and O–H groups in total. The summed E-state index contributed by atoms with van der Waals surface area (Å²) in [5, 5.41) is 0. The lowest BCUT2D eigenvalue weighted by Gasteiger charge is -2.26. The molecule has 1 aromatic carbocycles. The van der Waals surface area contributed by atoms with Crippen LogP contribution in [0.1, 0.15) is 21.5 Å². The number of amides is 1. The molecule has 0 saturated carbocycles. The first-order valence-electron chi connectivity index (χ1n) is 6.04. The Kier molecular flexibility index (Phi) is 3.77. The highest BCUT2D eigenvalue weighted by molar-refractivity contribution is 6.00. The fraction of sp³-hybridized carbons (Fsp3) is 0.429. The second kappa shape index (κ2) is 5.31. The maximum Gasteiger partial charge on any atom is 0.249 e. The lowest BCUT2D eigenvalue weighted by molar-refractivity contribution is -0.141. The zero-order valence-electron chi connectivity index (χ0n) is 10.7. The Labute approximate surface area is 107 Å². The summed E-state index contributed by atoms with van der Waals surface area (Å²) in [6.45, 7) is 5.09. The van der Waals surface area contributed by atoms with Crippen LogP contribution in [0.25, 0.3) is 0 Å². The molecule has 0 bridgehead atoms. The first-order chi connectivity index (χ1) is 8.58. The Balaban J connectivity index is 2.11. The molecule has 0 radical (unpaired) electrons. The summed E-state index contributed by atoms with van der Waals surface area (Å²) in [7, 11) is 0. The molecule has 1 heterocycles. The van der Waals surface area contributed by atoms with Gasteiger partial charge in [-0.2, -0.15) is 0 Å². The van der Waals surface area contributed by atoms with E-state index in [-0.39, 0.29) is 24.8 Å². The van der Waals surface area contributed by atoms with E-state index >= 15 is 0 Å². The Bertz CT molecular complexity index is 482. The van der Waals surface area contributed by atoms with Crippen molar-refractivity contribution >= 4 is 11.7 Å². The summed E-state index contributed by atoms with van der Waals surface area (Å²) < 4.78 is 5.04. The average molecular weight is 247 g/mol. The van der Waals surface area contributed by atoms with Gasteiger partial charge in [-0.1, -0.05) is 17.7 Å². The molecule has 0 atom stereocenters. The maximum absolute atomic E-state index is 12.2. The molecule has 4 heteroatoms. The summed E-state index contributed by atoms with van der Waals surface area (Å²) in [6, 6.07) is 5.79. The van der Waals surface area contributed by atoms with Gasteiger partial charge in [-0.05, 0) is 25.5 Å². The zero-order valence-corrected chi connectivity index (χ0v) is 10.7. The van der Waals surface area contributed by atoms with Crippen molar-refractivity contribution in [1.82, 2.24) is 4.90 Å². The molecule has 0 unspecified atom stereocenters. The summed E-state index contributed by atoms with van der Waals surface area (Å²) in [5.74, 6) is -0.119. The van der Waals surface area contributed by atoms with Gasteiger partial charge in [-0.25, -0.2) is 0 Å². The van der Waals surface area contributed by atoms with E-state index in [1.165, 1.54) is 0 Å². The van der Waals surface area contributed by atoms with Gasteiger partial charge in [0.15, 0.2) is 5.78 Å². The molecule has 18 heavy (non-hydrogen) atoms. The Morgan fingerprint density at radius 1 is 1.39 bits per heavy atom. The van der Waals surface area contributed by atoms with Gasteiger partial charge in [0.05, 0.1) is 13.2 Å². The van der Waals surface area contributed by atoms with Gasteiger partial charge in [0.2, 0.25) is 5.91 Å². The third kappa shape index (κ3) is 2.76. The summed E-state index contributed by atoms with van der Waals surface area (Å²) in [6.07, 6.45) is 0. The molecule has 2 rings (SSSR count). The van der Waals surface area contributed by atoms with E-state index in [0.29, 0.717) is 18.7 Å². The van der Waals surface area contributed by atoms with Crippen LogP contribution in [0.5, 0.6) is 0 Å². The minimum absolute atomic E-state index is 0.00792. The summed E-state index contributed by atoms with van der Waals surface area (Å²) in [4.78, 5) is 25.3. The Morgan fingerprint density at radius 3 is 2.89 bits per heavy atom. The largest absolute Gasteiger partial charge is 0.370 e. The van der Waals surface area contributed by atoms with Gasteiger partial charge < -0.3 is 9.64 Å². The third-order valence-corrected chi connectivity index (χ3v) is 3.11. The third-order valence-electron chi connectivity index (χ3n) is 3.11. The van der Waals surface area contributed by atoms with Crippen LogP contribution in [-0.2, 0) is 9.53 Å². The number of ether oxygens (including phenoxy) is 1. The number of carbonyl (C=O) groups is 2. The number of aryl methyl sites for hydroxylation is 2. The number of morpholine rings is 1. The molecule has 1 amide bonds. The van der Waals surface area contributed by atoms with Crippen LogP contribution in [0.15, 0.2) is 18.2 Å². The predicted molar refractivity (Wildman–Crippen MR) is 67.6 cm³/mol. The zero-order chi connectivity index (χ0) is 13.1. The highest BCUT2D eigenvalue weighted by Gasteiger charge is 2.22. The SMILES string of the molecule is Cc1ccc(C)c(C(=O)CN2CCOCC2=O)c1. The minimum Gasteiger partial charge on any atom is -0.370 e. The highest BCUT2D eigenvalue weighted by atomic mass is 16.5. The maximum atomic E-state index is 12.2. The molecule has 1 aliphatic rings. The topological polar surface area (TPSA) is 46.6 Å². The quantitative estimate of drug-likeness (QED) is 0.757. The summed E-state index contributed by atoms with van der Waals surface area (Å²) in [5.41, 5.74) is 2.71. The van der Waals surface area contributed by atoms with Crippen molar-refractivity contribution in [3.05, 3.63) is 34.9 Å². The van der Waals surface area contributed by atoms with Crippen LogP contribution in [0, 0.1) is 13.8 Å². The highest BCUT2D eigenvalue weighted by Crippen LogP contribution is 2.12.